The molecule has 0 aromatic carbocycles. The Morgan fingerprint density at radius 3 is 3.00 bits per heavy atom. The number of carbonyl (C=O) groups is 1. The highest BCUT2D eigenvalue weighted by Gasteiger charge is 2.29. The maximum atomic E-state index is 11.1. The number of nitrogens with one attached hydrogen (secondary N) is 2. The summed E-state index contributed by atoms with van der Waals surface area (Å²) in [6, 6.07) is 0.328. The van der Waals surface area contributed by atoms with Crippen LogP contribution in [0.5, 0.6) is 0 Å². The molecule has 0 amide bonds. The van der Waals surface area contributed by atoms with Gasteiger partial charge in [0.15, 0.2) is 0 Å². The van der Waals surface area contributed by atoms with Gasteiger partial charge in [-0.25, -0.2) is 0 Å². The molecule has 0 saturated carbocycles. The third kappa shape index (κ3) is 2.13. The number of rotatable bonds is 3. The van der Waals surface area contributed by atoms with Crippen LogP contribution in [0.15, 0.2) is 0 Å². The van der Waals surface area contributed by atoms with Crippen LogP contribution >= 0.6 is 0 Å². The molecule has 2 heterocycles. The second kappa shape index (κ2) is 4.87. The van der Waals surface area contributed by atoms with Gasteiger partial charge in [0, 0.05) is 32.2 Å². The highest BCUT2D eigenvalue weighted by molar-refractivity contribution is 5.59. The predicted octanol–water partition coefficient (Wildman–Crippen LogP) is -0.975. The molecule has 2 rings (SSSR count). The van der Waals surface area contributed by atoms with Crippen molar-refractivity contribution in [2.24, 2.45) is 0 Å². The van der Waals surface area contributed by atoms with E-state index < -0.39 is 0 Å². The zero-order chi connectivity index (χ0) is 9.80. The lowest BCUT2D eigenvalue weighted by Crippen LogP contribution is -2.59. The first kappa shape index (κ1) is 10.1. The fourth-order valence-electron chi connectivity index (χ4n) is 2.23. The minimum absolute atomic E-state index is 0.0431. The van der Waals surface area contributed by atoms with Crippen molar-refractivity contribution in [3.8, 4) is 0 Å². The third-order valence-corrected chi connectivity index (χ3v) is 3.03. The zero-order valence-electron chi connectivity index (χ0n) is 8.41. The highest BCUT2D eigenvalue weighted by atomic mass is 16.1. The Kier molecular flexibility index (Phi) is 3.50. The quantitative estimate of drug-likeness (QED) is 0.570. The third-order valence-electron chi connectivity index (χ3n) is 3.03. The Hall–Kier alpha value is -0.450. The van der Waals surface area contributed by atoms with Crippen LogP contribution in [0.2, 0.25) is 0 Å². The maximum absolute atomic E-state index is 11.1. The first-order valence-electron chi connectivity index (χ1n) is 5.37. The van der Waals surface area contributed by atoms with Gasteiger partial charge in [0.2, 0.25) is 0 Å². The largest absolute Gasteiger partial charge is 0.314 e. The molecule has 0 aromatic heterocycles. The second-order valence-electron chi connectivity index (χ2n) is 3.96. The van der Waals surface area contributed by atoms with Crippen molar-refractivity contribution in [3.63, 3.8) is 0 Å². The van der Waals surface area contributed by atoms with Crippen molar-refractivity contribution in [2.75, 3.05) is 32.7 Å². The van der Waals surface area contributed by atoms with E-state index in [9.17, 15) is 4.79 Å². The molecule has 2 saturated heterocycles. The topological polar surface area (TPSA) is 44.4 Å². The molecule has 2 fully saturated rings. The first-order valence-corrected chi connectivity index (χ1v) is 5.37. The molecule has 79 valence electrons. The van der Waals surface area contributed by atoms with Crippen LogP contribution in [0.3, 0.4) is 0 Å². The molecule has 2 aliphatic rings. The van der Waals surface area contributed by atoms with Crippen LogP contribution in [-0.2, 0) is 4.79 Å². The van der Waals surface area contributed by atoms with Gasteiger partial charge in [0.05, 0.1) is 6.04 Å². The molecule has 4 heteroatoms. The van der Waals surface area contributed by atoms with E-state index in [1.807, 2.05) is 0 Å². The molecule has 14 heavy (non-hydrogen) atoms. The van der Waals surface area contributed by atoms with Crippen LogP contribution in [0.25, 0.3) is 0 Å². The summed E-state index contributed by atoms with van der Waals surface area (Å²) >= 11 is 0. The summed E-state index contributed by atoms with van der Waals surface area (Å²) < 4.78 is 0. The summed E-state index contributed by atoms with van der Waals surface area (Å²) in [5.74, 6) is 0. The predicted molar refractivity (Wildman–Crippen MR) is 55.0 cm³/mol. The lowest BCUT2D eigenvalue weighted by Gasteiger charge is -2.34. The molecule has 0 spiro atoms. The molecule has 4 nitrogen and oxygen atoms in total. The number of aldehydes is 1. The molecule has 2 unspecified atom stereocenters. The summed E-state index contributed by atoms with van der Waals surface area (Å²) in [7, 11) is 0. The maximum Gasteiger partial charge on any atom is 0.138 e. The molecule has 0 aromatic rings. The molecular weight excluding hydrogens is 178 g/mol. The summed E-state index contributed by atoms with van der Waals surface area (Å²) in [6.07, 6.45) is 4.45. The molecular formula is C10H18N3O. The standard InChI is InChI=1S/C10H18N3O/c14-8-10(13-5-1-2-6-13)9-7-11-3-4-12-9/h1,8-12H,2-7H2. The van der Waals surface area contributed by atoms with E-state index in [2.05, 4.69) is 22.0 Å². The lowest BCUT2D eigenvalue weighted by atomic mass is 10.1. The fourth-order valence-corrected chi connectivity index (χ4v) is 2.23. The van der Waals surface area contributed by atoms with Gasteiger partial charge in [-0.3, -0.25) is 4.90 Å². The van der Waals surface area contributed by atoms with Crippen molar-refractivity contribution in [1.82, 2.24) is 15.5 Å². The Balaban J connectivity index is 1.92. The Morgan fingerprint density at radius 2 is 2.43 bits per heavy atom. The van der Waals surface area contributed by atoms with Crippen LogP contribution < -0.4 is 10.6 Å². The number of nitrogens with zero attached hydrogens (tertiary/aromatic N) is 1. The van der Waals surface area contributed by atoms with Gasteiger partial charge in [0.1, 0.15) is 6.29 Å². The molecule has 1 radical (unpaired) electrons. The van der Waals surface area contributed by atoms with E-state index in [0.29, 0.717) is 0 Å². The number of piperazine rings is 1. The number of hydrogen-bond acceptors (Lipinski definition) is 4. The van der Waals surface area contributed by atoms with E-state index in [1.54, 1.807) is 0 Å². The Morgan fingerprint density at radius 1 is 1.50 bits per heavy atom. The van der Waals surface area contributed by atoms with E-state index >= 15 is 0 Å². The minimum atomic E-state index is 0.0431. The summed E-state index contributed by atoms with van der Waals surface area (Å²) in [6.45, 7) is 4.86. The summed E-state index contributed by atoms with van der Waals surface area (Å²) in [5, 5.41) is 6.71. The van der Waals surface area contributed by atoms with Gasteiger partial charge < -0.3 is 15.4 Å². The smallest absolute Gasteiger partial charge is 0.138 e. The van der Waals surface area contributed by atoms with Gasteiger partial charge in [-0.05, 0) is 19.4 Å². The Labute approximate surface area is 85.0 Å². The summed E-state index contributed by atoms with van der Waals surface area (Å²) in [5.41, 5.74) is 0. The van der Waals surface area contributed by atoms with Gasteiger partial charge >= 0.3 is 0 Å². The normalized spacial score (nSPS) is 31.6. The van der Waals surface area contributed by atoms with Gasteiger partial charge in [-0.15, -0.1) is 0 Å². The number of hydrogen-bond donors (Lipinski definition) is 2. The van der Waals surface area contributed by atoms with Crippen molar-refractivity contribution in [3.05, 3.63) is 6.42 Å². The average Bonchev–Trinajstić information content (AvgIpc) is 2.74. The second-order valence-corrected chi connectivity index (χ2v) is 3.96. The van der Waals surface area contributed by atoms with E-state index in [0.717, 1.165) is 45.4 Å². The number of likely N-dealkylation sites (tertiary alicyclic amines) is 1. The van der Waals surface area contributed by atoms with E-state index in [4.69, 9.17) is 0 Å². The monoisotopic (exact) mass is 196 g/mol. The highest BCUT2D eigenvalue weighted by Crippen LogP contribution is 2.12. The lowest BCUT2D eigenvalue weighted by molar-refractivity contribution is -0.113. The molecule has 0 aliphatic carbocycles. The van der Waals surface area contributed by atoms with Crippen molar-refractivity contribution in [2.45, 2.75) is 18.5 Å². The van der Waals surface area contributed by atoms with Crippen molar-refractivity contribution >= 4 is 6.29 Å². The average molecular weight is 196 g/mol. The van der Waals surface area contributed by atoms with Crippen LogP contribution in [-0.4, -0.2) is 56.0 Å². The van der Waals surface area contributed by atoms with Gasteiger partial charge in [-0.1, -0.05) is 0 Å². The van der Waals surface area contributed by atoms with E-state index in [1.165, 1.54) is 0 Å². The van der Waals surface area contributed by atoms with Crippen LogP contribution in [0.1, 0.15) is 6.42 Å². The first-order chi connectivity index (χ1) is 6.92. The van der Waals surface area contributed by atoms with Crippen molar-refractivity contribution in [1.29, 1.82) is 0 Å². The molecule has 2 aliphatic heterocycles. The SMILES string of the molecule is O=CC(C1CNCCN1)N1C[CH]CC1. The summed E-state index contributed by atoms with van der Waals surface area (Å²) in [4.78, 5) is 13.3. The van der Waals surface area contributed by atoms with Gasteiger partial charge in [0.25, 0.3) is 0 Å². The van der Waals surface area contributed by atoms with Crippen LogP contribution in [0.4, 0.5) is 0 Å². The van der Waals surface area contributed by atoms with Crippen LogP contribution in [0, 0.1) is 6.42 Å². The zero-order valence-corrected chi connectivity index (χ0v) is 8.41. The number of carbonyl (C=O) groups excluding carboxylic acids is 1. The molecule has 0 bridgehead atoms. The molecule has 2 N–H and O–H groups in total. The molecule has 2 atom stereocenters. The van der Waals surface area contributed by atoms with Crippen molar-refractivity contribution < 1.29 is 4.79 Å². The minimum Gasteiger partial charge on any atom is -0.314 e. The van der Waals surface area contributed by atoms with E-state index in [-0.39, 0.29) is 12.1 Å². The fraction of sp³-hybridized carbons (Fsp3) is 0.800. The Bertz CT molecular complexity index is 186. The van der Waals surface area contributed by atoms with Gasteiger partial charge in [-0.2, -0.15) is 0 Å².